The summed E-state index contributed by atoms with van der Waals surface area (Å²) >= 11 is 0. The van der Waals surface area contributed by atoms with E-state index >= 15 is 0 Å². The van der Waals surface area contributed by atoms with Gasteiger partial charge in [-0.05, 0) is 43.2 Å². The third-order valence-corrected chi connectivity index (χ3v) is 5.30. The highest BCUT2D eigenvalue weighted by molar-refractivity contribution is 5.93. The van der Waals surface area contributed by atoms with Gasteiger partial charge < -0.3 is 30.2 Å². The van der Waals surface area contributed by atoms with Crippen molar-refractivity contribution in [3.05, 3.63) is 48.8 Å². The van der Waals surface area contributed by atoms with Gasteiger partial charge in [0.1, 0.15) is 23.4 Å². The molecule has 5 N–H and O–H groups in total. The van der Waals surface area contributed by atoms with E-state index < -0.39 is 24.8 Å². The number of hydrogen-bond acceptors (Lipinski definition) is 6. The number of H-pyrrole nitrogens is 1. The van der Waals surface area contributed by atoms with Gasteiger partial charge >= 0.3 is 6.03 Å². The number of nitrogens with zero attached hydrogens (tertiary/aromatic N) is 2. The Labute approximate surface area is 184 Å². The van der Waals surface area contributed by atoms with Crippen LogP contribution in [-0.4, -0.2) is 68.9 Å². The van der Waals surface area contributed by atoms with Gasteiger partial charge in [-0.3, -0.25) is 10.1 Å². The summed E-state index contributed by atoms with van der Waals surface area (Å²) in [4.78, 5) is 33.7. The van der Waals surface area contributed by atoms with Gasteiger partial charge in [0, 0.05) is 42.5 Å². The van der Waals surface area contributed by atoms with Crippen LogP contribution in [0.15, 0.2) is 48.8 Å². The van der Waals surface area contributed by atoms with Crippen LogP contribution in [0.3, 0.4) is 0 Å². The van der Waals surface area contributed by atoms with E-state index in [0.717, 1.165) is 10.9 Å². The Bertz CT molecular complexity index is 1090. The van der Waals surface area contributed by atoms with E-state index in [-0.39, 0.29) is 11.7 Å². The molecule has 1 aliphatic heterocycles. The fraction of sp³-hybridized carbons (Fsp3) is 0.318. The van der Waals surface area contributed by atoms with E-state index in [1.54, 1.807) is 12.1 Å². The summed E-state index contributed by atoms with van der Waals surface area (Å²) in [5.74, 6) is 0.954. The predicted octanol–water partition coefficient (Wildman–Crippen LogP) is 1.82. The van der Waals surface area contributed by atoms with E-state index in [9.17, 15) is 19.8 Å². The standard InChI is InChI=1S/C22H25N5O5/c28-13-19(21(30)27-9-5-15(29)6-10-27)25-22(31)26-20-12-17(4-8-24-20)32-16-1-2-18-14(11-16)3-7-23-18/h1-4,7-8,11-12,15,19,23,28-29H,5-6,9-10,13H2,(H2,24,25,26,31)/t19-/m0/s1. The van der Waals surface area contributed by atoms with Crippen molar-refractivity contribution in [1.29, 1.82) is 0 Å². The molecule has 3 heterocycles. The Kier molecular flexibility index (Phi) is 6.52. The van der Waals surface area contributed by atoms with Crippen molar-refractivity contribution in [3.8, 4) is 11.5 Å². The molecule has 0 saturated carbocycles. The minimum absolute atomic E-state index is 0.230. The first kappa shape index (κ1) is 21.6. The number of carbonyl (C=O) groups excluding carboxylic acids is 2. The lowest BCUT2D eigenvalue weighted by Gasteiger charge is -2.32. The van der Waals surface area contributed by atoms with Gasteiger partial charge in [-0.1, -0.05) is 0 Å². The van der Waals surface area contributed by atoms with E-state index in [1.165, 1.54) is 11.1 Å². The molecule has 10 heteroatoms. The fourth-order valence-electron chi connectivity index (χ4n) is 3.58. The molecule has 1 saturated heterocycles. The molecule has 3 aromatic rings. The number of carbonyl (C=O) groups is 2. The quantitative estimate of drug-likeness (QED) is 0.397. The van der Waals surface area contributed by atoms with Crippen LogP contribution in [0.1, 0.15) is 12.8 Å². The number of rotatable bonds is 6. The van der Waals surface area contributed by atoms with E-state index in [2.05, 4.69) is 20.6 Å². The molecule has 0 spiro atoms. The Morgan fingerprint density at radius 1 is 1.19 bits per heavy atom. The number of fused-ring (bicyclic) bond motifs is 1. The lowest BCUT2D eigenvalue weighted by Crippen LogP contribution is -2.53. The van der Waals surface area contributed by atoms with E-state index in [4.69, 9.17) is 4.74 Å². The van der Waals surface area contributed by atoms with E-state index in [1.807, 2.05) is 30.5 Å². The lowest BCUT2D eigenvalue weighted by molar-refractivity contribution is -0.136. The number of aliphatic hydroxyl groups excluding tert-OH is 2. The minimum Gasteiger partial charge on any atom is -0.457 e. The number of likely N-dealkylation sites (tertiary alicyclic amines) is 1. The molecule has 0 aliphatic carbocycles. The maximum atomic E-state index is 12.6. The lowest BCUT2D eigenvalue weighted by atomic mass is 10.1. The van der Waals surface area contributed by atoms with Crippen LogP contribution >= 0.6 is 0 Å². The molecule has 3 amide bonds. The van der Waals surface area contributed by atoms with Crippen LogP contribution in [0, 0.1) is 0 Å². The second-order valence-electron chi connectivity index (χ2n) is 7.60. The van der Waals surface area contributed by atoms with Crippen LogP contribution in [-0.2, 0) is 4.79 Å². The van der Waals surface area contributed by atoms with Crippen LogP contribution in [0.5, 0.6) is 11.5 Å². The summed E-state index contributed by atoms with van der Waals surface area (Å²) in [6, 6.07) is 9.03. The molecule has 168 valence electrons. The molecular formula is C22H25N5O5. The number of aliphatic hydroxyl groups is 2. The fourth-order valence-corrected chi connectivity index (χ4v) is 3.58. The molecule has 1 aliphatic rings. The number of piperidine rings is 1. The highest BCUT2D eigenvalue weighted by atomic mass is 16.5. The Balaban J connectivity index is 1.35. The normalized spacial score (nSPS) is 15.4. The van der Waals surface area contributed by atoms with Gasteiger partial charge in [-0.15, -0.1) is 0 Å². The number of aromatic amines is 1. The number of nitrogens with one attached hydrogen (secondary N) is 3. The molecule has 0 unspecified atom stereocenters. The number of anilines is 1. The Morgan fingerprint density at radius 2 is 1.97 bits per heavy atom. The second kappa shape index (κ2) is 9.67. The Hall–Kier alpha value is -3.63. The topological polar surface area (TPSA) is 140 Å². The molecule has 1 aromatic carbocycles. The highest BCUT2D eigenvalue weighted by Crippen LogP contribution is 2.26. The maximum Gasteiger partial charge on any atom is 0.321 e. The van der Waals surface area contributed by atoms with Gasteiger partial charge in [0.25, 0.3) is 0 Å². The zero-order chi connectivity index (χ0) is 22.5. The number of hydrogen-bond donors (Lipinski definition) is 5. The van der Waals surface area contributed by atoms with Gasteiger partial charge in [-0.25, -0.2) is 9.78 Å². The summed E-state index contributed by atoms with van der Waals surface area (Å²) in [6.45, 7) is 0.230. The van der Waals surface area contributed by atoms with Crippen LogP contribution in [0.4, 0.5) is 10.6 Å². The number of aromatic nitrogens is 2. The van der Waals surface area contributed by atoms with Crippen molar-refractivity contribution in [3.63, 3.8) is 0 Å². The van der Waals surface area contributed by atoms with Crippen molar-refractivity contribution < 1.29 is 24.5 Å². The number of benzene rings is 1. The molecule has 0 bridgehead atoms. The predicted molar refractivity (Wildman–Crippen MR) is 117 cm³/mol. The SMILES string of the molecule is O=C(Nc1cc(Oc2ccc3[nH]ccc3c2)ccn1)N[C@@H](CO)C(=O)N1CCC(O)CC1. The summed E-state index contributed by atoms with van der Waals surface area (Å²) in [5.41, 5.74) is 1.000. The van der Waals surface area contributed by atoms with Crippen LogP contribution < -0.4 is 15.4 Å². The average molecular weight is 439 g/mol. The second-order valence-corrected chi connectivity index (χ2v) is 7.60. The number of ether oxygens (including phenoxy) is 1. The Morgan fingerprint density at radius 3 is 2.75 bits per heavy atom. The molecular weight excluding hydrogens is 414 g/mol. The summed E-state index contributed by atoms with van der Waals surface area (Å²) in [7, 11) is 0. The highest BCUT2D eigenvalue weighted by Gasteiger charge is 2.28. The van der Waals surface area contributed by atoms with Crippen LogP contribution in [0.2, 0.25) is 0 Å². The molecule has 2 aromatic heterocycles. The summed E-state index contributed by atoms with van der Waals surface area (Å²) < 4.78 is 5.86. The minimum atomic E-state index is -1.09. The third kappa shape index (κ3) is 5.16. The average Bonchev–Trinajstić information content (AvgIpc) is 3.26. The molecule has 4 rings (SSSR count). The smallest absolute Gasteiger partial charge is 0.321 e. The zero-order valence-corrected chi connectivity index (χ0v) is 17.3. The molecule has 10 nitrogen and oxygen atoms in total. The van der Waals surface area contributed by atoms with Gasteiger partial charge in [0.05, 0.1) is 12.7 Å². The number of amides is 3. The maximum absolute atomic E-state index is 12.6. The van der Waals surface area contributed by atoms with Crippen molar-refractivity contribution in [1.82, 2.24) is 20.2 Å². The molecule has 1 atom stereocenters. The van der Waals surface area contributed by atoms with Crippen molar-refractivity contribution in [2.75, 3.05) is 25.0 Å². The first-order valence-corrected chi connectivity index (χ1v) is 10.4. The third-order valence-electron chi connectivity index (χ3n) is 5.30. The van der Waals surface area contributed by atoms with Crippen molar-refractivity contribution in [2.45, 2.75) is 25.0 Å². The first-order chi connectivity index (χ1) is 15.5. The van der Waals surface area contributed by atoms with Gasteiger partial charge in [0.15, 0.2) is 0 Å². The van der Waals surface area contributed by atoms with E-state index in [0.29, 0.717) is 37.4 Å². The monoisotopic (exact) mass is 439 g/mol. The number of urea groups is 1. The summed E-state index contributed by atoms with van der Waals surface area (Å²) in [5, 5.41) is 25.2. The molecule has 32 heavy (non-hydrogen) atoms. The zero-order valence-electron chi connectivity index (χ0n) is 17.3. The molecule has 1 fully saturated rings. The van der Waals surface area contributed by atoms with Gasteiger partial charge in [0.2, 0.25) is 5.91 Å². The van der Waals surface area contributed by atoms with Crippen molar-refractivity contribution >= 4 is 28.7 Å². The largest absolute Gasteiger partial charge is 0.457 e. The molecule has 0 radical (unpaired) electrons. The van der Waals surface area contributed by atoms with Crippen molar-refractivity contribution in [2.24, 2.45) is 0 Å². The van der Waals surface area contributed by atoms with Gasteiger partial charge in [-0.2, -0.15) is 0 Å². The van der Waals surface area contributed by atoms with Crippen LogP contribution in [0.25, 0.3) is 10.9 Å². The number of pyridine rings is 1. The first-order valence-electron chi connectivity index (χ1n) is 10.4. The summed E-state index contributed by atoms with van der Waals surface area (Å²) in [6.07, 6.45) is 3.87.